The van der Waals surface area contributed by atoms with Crippen LogP contribution in [0.1, 0.15) is 12.8 Å². The molecule has 4 N–H and O–H groups in total. The second-order valence-electron chi connectivity index (χ2n) is 2.81. The summed E-state index contributed by atoms with van der Waals surface area (Å²) in [5, 5.41) is 6.05. The van der Waals surface area contributed by atoms with Crippen molar-refractivity contribution in [3.05, 3.63) is 0 Å². The maximum absolute atomic E-state index is 10.8. The van der Waals surface area contributed by atoms with Crippen LogP contribution in [0.15, 0.2) is 0 Å². The Kier molecular flexibility index (Phi) is 3.32. The average molecular weight is 157 g/mol. The number of carbonyl (C=O) groups is 1. The van der Waals surface area contributed by atoms with Crippen molar-refractivity contribution in [1.82, 2.24) is 10.6 Å². The molecule has 1 saturated heterocycles. The first kappa shape index (κ1) is 8.49. The zero-order chi connectivity index (χ0) is 8.10. The van der Waals surface area contributed by atoms with Gasteiger partial charge in [0.05, 0.1) is 6.54 Å². The van der Waals surface area contributed by atoms with E-state index in [9.17, 15) is 4.79 Å². The van der Waals surface area contributed by atoms with Crippen molar-refractivity contribution < 1.29 is 4.79 Å². The van der Waals surface area contributed by atoms with E-state index >= 15 is 0 Å². The monoisotopic (exact) mass is 157 g/mol. The van der Waals surface area contributed by atoms with Gasteiger partial charge in [-0.15, -0.1) is 0 Å². The minimum Gasteiger partial charge on any atom is -0.351 e. The van der Waals surface area contributed by atoms with E-state index in [4.69, 9.17) is 5.73 Å². The fourth-order valence-electron chi connectivity index (χ4n) is 1.26. The van der Waals surface area contributed by atoms with Crippen LogP contribution >= 0.6 is 0 Å². The van der Waals surface area contributed by atoms with Crippen molar-refractivity contribution in [1.29, 1.82) is 0 Å². The molecule has 1 aliphatic heterocycles. The van der Waals surface area contributed by atoms with Crippen LogP contribution in [0.4, 0.5) is 0 Å². The highest BCUT2D eigenvalue weighted by molar-refractivity contribution is 5.78. The minimum absolute atomic E-state index is 0.0568. The first-order valence-corrected chi connectivity index (χ1v) is 4.03. The van der Waals surface area contributed by atoms with Gasteiger partial charge >= 0.3 is 0 Å². The summed E-state index contributed by atoms with van der Waals surface area (Å²) in [6.45, 7) is 2.04. The largest absolute Gasteiger partial charge is 0.351 e. The highest BCUT2D eigenvalue weighted by Crippen LogP contribution is 2.00. The molecule has 4 nitrogen and oxygen atoms in total. The maximum atomic E-state index is 10.8. The lowest BCUT2D eigenvalue weighted by atomic mass is 10.1. The number of rotatable bonds is 2. The van der Waals surface area contributed by atoms with Crippen molar-refractivity contribution in [2.45, 2.75) is 18.9 Å². The van der Waals surface area contributed by atoms with Gasteiger partial charge in [0, 0.05) is 12.6 Å². The molecular formula is C7H15N3O. The van der Waals surface area contributed by atoms with Crippen molar-refractivity contribution in [2.75, 3.05) is 19.6 Å². The molecule has 1 rings (SSSR count). The third kappa shape index (κ3) is 2.86. The van der Waals surface area contributed by atoms with Crippen molar-refractivity contribution in [3.63, 3.8) is 0 Å². The molecule has 1 heterocycles. The molecule has 0 saturated carbocycles. The lowest BCUT2D eigenvalue weighted by Crippen LogP contribution is -2.47. The Balaban J connectivity index is 2.19. The number of nitrogens with two attached hydrogens (primary N) is 1. The second kappa shape index (κ2) is 4.31. The third-order valence-electron chi connectivity index (χ3n) is 1.85. The van der Waals surface area contributed by atoms with Gasteiger partial charge in [0.2, 0.25) is 5.91 Å². The highest BCUT2D eigenvalue weighted by atomic mass is 16.1. The fraction of sp³-hybridized carbons (Fsp3) is 0.857. The Morgan fingerprint density at radius 3 is 3.09 bits per heavy atom. The van der Waals surface area contributed by atoms with E-state index in [1.807, 2.05) is 0 Å². The predicted octanol–water partition coefficient (Wildman–Crippen LogP) is -1.19. The van der Waals surface area contributed by atoms with E-state index < -0.39 is 0 Å². The highest BCUT2D eigenvalue weighted by Gasteiger charge is 2.13. The first-order valence-electron chi connectivity index (χ1n) is 4.03. The van der Waals surface area contributed by atoms with Crippen molar-refractivity contribution in [3.8, 4) is 0 Å². The number of carbonyl (C=O) groups excluding carboxylic acids is 1. The van der Waals surface area contributed by atoms with E-state index in [2.05, 4.69) is 10.6 Å². The maximum Gasteiger partial charge on any atom is 0.233 e. The number of piperidine rings is 1. The van der Waals surface area contributed by atoms with Gasteiger partial charge < -0.3 is 16.4 Å². The molecule has 1 atom stereocenters. The molecule has 0 bridgehead atoms. The lowest BCUT2D eigenvalue weighted by Gasteiger charge is -2.23. The minimum atomic E-state index is -0.0568. The van der Waals surface area contributed by atoms with E-state index in [1.54, 1.807) is 0 Å². The molecule has 0 radical (unpaired) electrons. The summed E-state index contributed by atoms with van der Waals surface area (Å²) >= 11 is 0. The topological polar surface area (TPSA) is 67.2 Å². The summed E-state index contributed by atoms with van der Waals surface area (Å²) in [7, 11) is 0. The summed E-state index contributed by atoms with van der Waals surface area (Å²) in [6, 6.07) is 0.291. The molecule has 1 aliphatic rings. The fourth-order valence-corrected chi connectivity index (χ4v) is 1.26. The van der Waals surface area contributed by atoms with Crippen molar-refractivity contribution >= 4 is 5.91 Å². The SMILES string of the molecule is NCC(=O)N[C@@H]1CCCNC1. The van der Waals surface area contributed by atoms with Crippen LogP contribution < -0.4 is 16.4 Å². The standard InChI is InChI=1S/C7H15N3O/c8-4-7(11)10-6-2-1-3-9-5-6/h6,9H,1-5,8H2,(H,10,11)/t6-/m1/s1. The van der Waals surface area contributed by atoms with Crippen LogP contribution in [0, 0.1) is 0 Å². The molecule has 0 unspecified atom stereocenters. The Bertz CT molecular complexity index is 132. The van der Waals surface area contributed by atoms with Gasteiger partial charge in [-0.1, -0.05) is 0 Å². The molecule has 64 valence electrons. The van der Waals surface area contributed by atoms with Crippen molar-refractivity contribution in [2.24, 2.45) is 5.73 Å². The third-order valence-corrected chi connectivity index (χ3v) is 1.85. The van der Waals surface area contributed by atoms with Gasteiger partial charge in [0.1, 0.15) is 0 Å². The molecule has 0 aromatic heterocycles. The summed E-state index contributed by atoms with van der Waals surface area (Å²) in [4.78, 5) is 10.8. The molecule has 1 amide bonds. The normalized spacial score (nSPS) is 24.6. The molecule has 0 aromatic carbocycles. The van der Waals surface area contributed by atoms with Gasteiger partial charge in [0.25, 0.3) is 0 Å². The zero-order valence-corrected chi connectivity index (χ0v) is 6.60. The summed E-state index contributed by atoms with van der Waals surface area (Å²) in [5.74, 6) is -0.0568. The number of amides is 1. The van der Waals surface area contributed by atoms with E-state index in [1.165, 1.54) is 0 Å². The Morgan fingerprint density at radius 1 is 1.73 bits per heavy atom. The second-order valence-corrected chi connectivity index (χ2v) is 2.81. The molecule has 1 fully saturated rings. The van der Waals surface area contributed by atoms with Gasteiger partial charge in [0.15, 0.2) is 0 Å². The Morgan fingerprint density at radius 2 is 2.55 bits per heavy atom. The van der Waals surface area contributed by atoms with Gasteiger partial charge in [-0.2, -0.15) is 0 Å². The number of hydrogen-bond donors (Lipinski definition) is 3. The molecular weight excluding hydrogens is 142 g/mol. The molecule has 4 heteroatoms. The van der Waals surface area contributed by atoms with E-state index in [0.29, 0.717) is 6.04 Å². The summed E-state index contributed by atoms with van der Waals surface area (Å²) in [5.41, 5.74) is 5.16. The zero-order valence-electron chi connectivity index (χ0n) is 6.60. The van der Waals surface area contributed by atoms with Crippen LogP contribution in [0.25, 0.3) is 0 Å². The molecule has 0 aliphatic carbocycles. The number of hydrogen-bond acceptors (Lipinski definition) is 3. The van der Waals surface area contributed by atoms with Crippen LogP contribution in [-0.4, -0.2) is 31.6 Å². The van der Waals surface area contributed by atoms with Gasteiger partial charge in [-0.3, -0.25) is 4.79 Å². The van der Waals surface area contributed by atoms with Crippen LogP contribution in [0.5, 0.6) is 0 Å². The first-order chi connectivity index (χ1) is 5.33. The van der Waals surface area contributed by atoms with Crippen LogP contribution in [0.3, 0.4) is 0 Å². The Labute approximate surface area is 66.5 Å². The Hall–Kier alpha value is -0.610. The number of nitrogens with one attached hydrogen (secondary N) is 2. The molecule has 0 aromatic rings. The quantitative estimate of drug-likeness (QED) is 0.472. The smallest absolute Gasteiger partial charge is 0.233 e. The molecule has 0 spiro atoms. The predicted molar refractivity (Wildman–Crippen MR) is 43.1 cm³/mol. The van der Waals surface area contributed by atoms with Crippen LogP contribution in [-0.2, 0) is 4.79 Å². The average Bonchev–Trinajstić information content (AvgIpc) is 2.06. The summed E-state index contributed by atoms with van der Waals surface area (Å²) in [6.07, 6.45) is 2.20. The van der Waals surface area contributed by atoms with E-state index in [0.717, 1.165) is 25.9 Å². The van der Waals surface area contributed by atoms with E-state index in [-0.39, 0.29) is 12.5 Å². The lowest BCUT2D eigenvalue weighted by molar-refractivity contribution is -0.120. The summed E-state index contributed by atoms with van der Waals surface area (Å²) < 4.78 is 0. The van der Waals surface area contributed by atoms with Gasteiger partial charge in [-0.25, -0.2) is 0 Å². The molecule has 11 heavy (non-hydrogen) atoms. The van der Waals surface area contributed by atoms with Gasteiger partial charge in [-0.05, 0) is 19.4 Å². The van der Waals surface area contributed by atoms with Crippen LogP contribution in [0.2, 0.25) is 0 Å².